The molecule has 0 aromatic heterocycles. The van der Waals surface area contributed by atoms with Gasteiger partial charge in [-0.25, -0.2) is 8.42 Å². The smallest absolute Gasteiger partial charge is 0.279 e. The predicted molar refractivity (Wildman–Crippen MR) is 86.0 cm³/mol. The molecule has 1 aliphatic heterocycles. The van der Waals surface area contributed by atoms with Crippen molar-refractivity contribution in [1.82, 2.24) is 10.3 Å². The number of hydrazine groups is 1. The highest BCUT2D eigenvalue weighted by Crippen LogP contribution is 2.30. The second-order valence-corrected chi connectivity index (χ2v) is 6.78. The van der Waals surface area contributed by atoms with Gasteiger partial charge in [-0.05, 0) is 30.3 Å². The van der Waals surface area contributed by atoms with Crippen LogP contribution in [0.5, 0.6) is 11.5 Å². The van der Waals surface area contributed by atoms with Crippen LogP contribution in [0.15, 0.2) is 53.4 Å². The van der Waals surface area contributed by atoms with Gasteiger partial charge in [0.15, 0.2) is 11.5 Å². The largest absolute Gasteiger partial charge is 0.485 e. The van der Waals surface area contributed by atoms with Crippen LogP contribution in [0.4, 0.5) is 0 Å². The first-order chi connectivity index (χ1) is 12.0. The van der Waals surface area contributed by atoms with E-state index >= 15 is 0 Å². The van der Waals surface area contributed by atoms with Crippen molar-refractivity contribution in [2.75, 3.05) is 6.61 Å². The molecular formula is C16H13N3O5S. The molecule has 0 fully saturated rings. The van der Waals surface area contributed by atoms with Gasteiger partial charge >= 0.3 is 0 Å². The van der Waals surface area contributed by atoms with Gasteiger partial charge in [-0.15, -0.1) is 4.83 Å². The molecule has 25 heavy (non-hydrogen) atoms. The van der Waals surface area contributed by atoms with E-state index in [0.29, 0.717) is 11.5 Å². The monoisotopic (exact) mass is 359 g/mol. The standard InChI is InChI=1S/C16H13N3O5S/c17-9-11-4-3-5-12(8-11)25(21,22)19-18-16(20)15-10-23-13-6-1-2-7-14(13)24-15/h1-8,15,19H,10H2,(H,18,20)/t15-/m1/s1. The van der Waals surface area contributed by atoms with E-state index in [0.717, 1.165) is 0 Å². The maximum Gasteiger partial charge on any atom is 0.279 e. The van der Waals surface area contributed by atoms with Crippen molar-refractivity contribution in [2.45, 2.75) is 11.0 Å². The van der Waals surface area contributed by atoms with Crippen LogP contribution in [0.1, 0.15) is 5.56 Å². The number of rotatable bonds is 4. The molecule has 0 spiro atoms. The number of sulfonamides is 1. The minimum absolute atomic E-state index is 0.0471. The second-order valence-electron chi connectivity index (χ2n) is 5.10. The van der Waals surface area contributed by atoms with Crippen LogP contribution in [0.2, 0.25) is 0 Å². The van der Waals surface area contributed by atoms with Gasteiger partial charge in [0.25, 0.3) is 15.9 Å². The summed E-state index contributed by atoms with van der Waals surface area (Å²) in [5.74, 6) is 0.216. The zero-order chi connectivity index (χ0) is 17.9. The number of hydrogen-bond acceptors (Lipinski definition) is 6. The Bertz CT molecular complexity index is 952. The minimum atomic E-state index is -4.02. The number of carbonyl (C=O) groups excluding carboxylic acids is 1. The lowest BCUT2D eigenvalue weighted by Crippen LogP contribution is -2.50. The van der Waals surface area contributed by atoms with E-state index in [9.17, 15) is 13.2 Å². The number of para-hydroxylation sites is 2. The lowest BCUT2D eigenvalue weighted by Gasteiger charge is -2.25. The van der Waals surface area contributed by atoms with Crippen molar-refractivity contribution in [3.63, 3.8) is 0 Å². The summed E-state index contributed by atoms with van der Waals surface area (Å²) in [5.41, 5.74) is 2.28. The lowest BCUT2D eigenvalue weighted by molar-refractivity contribution is -0.130. The summed E-state index contributed by atoms with van der Waals surface area (Å²) in [6.45, 7) is -0.0471. The molecule has 0 radical (unpaired) electrons. The molecule has 3 rings (SSSR count). The van der Waals surface area contributed by atoms with E-state index in [4.69, 9.17) is 14.7 Å². The number of amides is 1. The molecule has 2 aromatic carbocycles. The Labute approximate surface area is 144 Å². The van der Waals surface area contributed by atoms with Crippen molar-refractivity contribution in [1.29, 1.82) is 5.26 Å². The van der Waals surface area contributed by atoms with Gasteiger partial charge in [0.1, 0.15) is 6.61 Å². The Balaban J connectivity index is 1.65. The van der Waals surface area contributed by atoms with Crippen LogP contribution in [-0.4, -0.2) is 27.0 Å². The molecule has 9 heteroatoms. The first kappa shape index (κ1) is 16.8. The molecule has 2 aromatic rings. The molecule has 0 saturated carbocycles. The van der Waals surface area contributed by atoms with Crippen LogP contribution in [0, 0.1) is 11.3 Å². The molecule has 1 atom stereocenters. The van der Waals surface area contributed by atoms with Crippen molar-refractivity contribution in [3.8, 4) is 17.6 Å². The molecule has 1 heterocycles. The van der Waals surface area contributed by atoms with Gasteiger partial charge < -0.3 is 9.47 Å². The highest BCUT2D eigenvalue weighted by atomic mass is 32.2. The first-order valence-corrected chi connectivity index (χ1v) is 8.68. The summed E-state index contributed by atoms with van der Waals surface area (Å²) in [5, 5.41) is 8.83. The summed E-state index contributed by atoms with van der Waals surface area (Å²) in [6, 6.07) is 14.1. The Morgan fingerprint density at radius 2 is 1.92 bits per heavy atom. The fourth-order valence-electron chi connectivity index (χ4n) is 2.14. The fourth-order valence-corrected chi connectivity index (χ4v) is 3.03. The number of fused-ring (bicyclic) bond motifs is 1. The van der Waals surface area contributed by atoms with Crippen molar-refractivity contribution < 1.29 is 22.7 Å². The molecule has 0 aliphatic carbocycles. The number of ether oxygens (including phenoxy) is 2. The SMILES string of the molecule is N#Cc1cccc(S(=O)(=O)NNC(=O)[C@H]2COc3ccccc3O2)c1. The minimum Gasteiger partial charge on any atom is -0.485 e. The van der Waals surface area contributed by atoms with E-state index in [1.54, 1.807) is 24.3 Å². The van der Waals surface area contributed by atoms with E-state index in [1.165, 1.54) is 24.3 Å². The quantitative estimate of drug-likeness (QED) is 0.776. The zero-order valence-electron chi connectivity index (χ0n) is 12.8. The van der Waals surface area contributed by atoms with Gasteiger partial charge in [0.05, 0.1) is 16.5 Å². The highest BCUT2D eigenvalue weighted by Gasteiger charge is 2.28. The molecule has 8 nitrogen and oxygen atoms in total. The Morgan fingerprint density at radius 3 is 2.68 bits per heavy atom. The predicted octanol–water partition coefficient (Wildman–Crippen LogP) is 0.708. The Kier molecular flexibility index (Phi) is 4.56. The van der Waals surface area contributed by atoms with Gasteiger partial charge in [-0.3, -0.25) is 10.2 Å². The van der Waals surface area contributed by atoms with Crippen molar-refractivity contribution >= 4 is 15.9 Å². The van der Waals surface area contributed by atoms with Gasteiger partial charge in [0.2, 0.25) is 6.10 Å². The summed E-state index contributed by atoms with van der Waals surface area (Å²) in [4.78, 5) is 13.9. The topological polar surface area (TPSA) is 118 Å². The maximum absolute atomic E-state index is 12.2. The molecule has 1 amide bonds. The summed E-state index contributed by atoms with van der Waals surface area (Å²) < 4.78 is 35.2. The number of nitrogens with zero attached hydrogens (tertiary/aromatic N) is 1. The average Bonchev–Trinajstić information content (AvgIpc) is 2.65. The molecule has 0 bridgehead atoms. The first-order valence-electron chi connectivity index (χ1n) is 7.20. The van der Waals surface area contributed by atoms with E-state index in [-0.39, 0.29) is 17.1 Å². The highest BCUT2D eigenvalue weighted by molar-refractivity contribution is 7.89. The van der Waals surface area contributed by atoms with E-state index < -0.39 is 22.0 Å². The maximum atomic E-state index is 12.2. The number of carbonyl (C=O) groups is 1. The second kappa shape index (κ2) is 6.80. The van der Waals surface area contributed by atoms with Crippen LogP contribution in [0.25, 0.3) is 0 Å². The molecule has 1 aliphatic rings. The van der Waals surface area contributed by atoms with Gasteiger partial charge in [0, 0.05) is 0 Å². The van der Waals surface area contributed by atoms with E-state index in [2.05, 4.69) is 5.43 Å². The molecule has 2 N–H and O–H groups in total. The van der Waals surface area contributed by atoms with Crippen molar-refractivity contribution in [3.05, 3.63) is 54.1 Å². The summed E-state index contributed by atoms with van der Waals surface area (Å²) >= 11 is 0. The van der Waals surface area contributed by atoms with Crippen molar-refractivity contribution in [2.24, 2.45) is 0 Å². The van der Waals surface area contributed by atoms with E-state index in [1.807, 2.05) is 10.9 Å². The summed E-state index contributed by atoms with van der Waals surface area (Å²) in [6.07, 6.45) is -0.997. The van der Waals surface area contributed by atoms with Gasteiger partial charge in [-0.2, -0.15) is 5.26 Å². The molecule has 0 unspecified atom stereocenters. The normalized spacial score (nSPS) is 15.9. The average molecular weight is 359 g/mol. The van der Waals surface area contributed by atoms with Crippen LogP contribution >= 0.6 is 0 Å². The number of benzene rings is 2. The third-order valence-electron chi connectivity index (χ3n) is 3.38. The Hall–Kier alpha value is -3.09. The van der Waals surface area contributed by atoms with Crippen LogP contribution in [0.3, 0.4) is 0 Å². The fraction of sp³-hybridized carbons (Fsp3) is 0.125. The molecule has 0 saturated heterocycles. The molecule has 128 valence electrons. The third-order valence-corrected chi connectivity index (χ3v) is 4.63. The van der Waals surface area contributed by atoms with Crippen LogP contribution < -0.4 is 19.7 Å². The number of nitriles is 1. The third kappa shape index (κ3) is 3.71. The van der Waals surface area contributed by atoms with Gasteiger partial charge in [-0.1, -0.05) is 18.2 Å². The van der Waals surface area contributed by atoms with Crippen LogP contribution in [-0.2, 0) is 14.8 Å². The zero-order valence-corrected chi connectivity index (χ0v) is 13.6. The molecular weight excluding hydrogens is 346 g/mol. The summed E-state index contributed by atoms with van der Waals surface area (Å²) in [7, 11) is -4.02. The Morgan fingerprint density at radius 1 is 1.16 bits per heavy atom. The number of hydrogen-bond donors (Lipinski definition) is 2. The number of nitrogens with one attached hydrogen (secondary N) is 2. The lowest BCUT2D eigenvalue weighted by atomic mass is 10.2.